The van der Waals surface area contributed by atoms with E-state index in [2.05, 4.69) is 0 Å². The second-order valence-electron chi connectivity index (χ2n) is 5.22. The summed E-state index contributed by atoms with van der Waals surface area (Å²) in [7, 11) is 2.68. The van der Waals surface area contributed by atoms with E-state index in [1.54, 1.807) is 12.1 Å². The molecule has 1 aromatic heterocycles. The highest BCUT2D eigenvalue weighted by Gasteiger charge is 2.28. The Bertz CT molecular complexity index is 830. The molecule has 6 nitrogen and oxygen atoms in total. The number of esters is 1. The molecule has 0 unspecified atom stereocenters. The first-order chi connectivity index (χ1) is 11.9. The minimum absolute atomic E-state index is 0.0296. The Balaban J connectivity index is 2.63. The second-order valence-corrected chi connectivity index (χ2v) is 6.07. The molecule has 2 rings (SSSR count). The number of carbonyl (C=O) groups is 1. The Morgan fingerprint density at radius 2 is 2.00 bits per heavy atom. The van der Waals surface area contributed by atoms with Crippen molar-refractivity contribution < 1.29 is 23.8 Å². The lowest BCUT2D eigenvalue weighted by molar-refractivity contribution is -0.140. The molecule has 0 fully saturated rings. The van der Waals surface area contributed by atoms with Crippen LogP contribution in [0.3, 0.4) is 0 Å². The van der Waals surface area contributed by atoms with Crippen molar-refractivity contribution in [2.45, 2.75) is 18.9 Å². The van der Waals surface area contributed by atoms with Crippen molar-refractivity contribution in [1.29, 1.82) is 0 Å². The summed E-state index contributed by atoms with van der Waals surface area (Å²) in [6.07, 6.45) is -0.190. The van der Waals surface area contributed by atoms with E-state index < -0.39 is 23.1 Å². The number of hydrogen-bond donors (Lipinski definition) is 1. The molecule has 0 spiro atoms. The van der Waals surface area contributed by atoms with E-state index in [1.165, 1.54) is 20.3 Å². The van der Waals surface area contributed by atoms with Gasteiger partial charge in [0.25, 0.3) is 0 Å². The Morgan fingerprint density at radius 3 is 2.60 bits per heavy atom. The lowest BCUT2D eigenvalue weighted by atomic mass is 9.92. The molecule has 0 aliphatic heterocycles. The minimum atomic E-state index is -0.832. The van der Waals surface area contributed by atoms with E-state index in [4.69, 9.17) is 37.1 Å². The fraction of sp³-hybridized carbons (Fsp3) is 0.294. The first-order valence-electron chi connectivity index (χ1n) is 7.24. The van der Waals surface area contributed by atoms with E-state index in [0.29, 0.717) is 10.6 Å². The first kappa shape index (κ1) is 19.3. The molecule has 1 heterocycles. The van der Waals surface area contributed by atoms with Crippen LogP contribution >= 0.6 is 23.2 Å². The highest BCUT2D eigenvalue weighted by molar-refractivity contribution is 6.35. The largest absolute Gasteiger partial charge is 0.502 e. The monoisotopic (exact) mass is 386 g/mol. The Hall–Kier alpha value is -2.02. The summed E-state index contributed by atoms with van der Waals surface area (Å²) in [6, 6.07) is 5.81. The molecule has 1 atom stereocenters. The summed E-state index contributed by atoms with van der Waals surface area (Å²) in [5.74, 6) is -1.87. The molecule has 0 radical (unpaired) electrons. The maximum atomic E-state index is 12.0. The molecule has 0 aliphatic carbocycles. The molecule has 1 N–H and O–H groups in total. The Labute approximate surface area is 153 Å². The van der Waals surface area contributed by atoms with Crippen molar-refractivity contribution in [3.05, 3.63) is 61.6 Å². The van der Waals surface area contributed by atoms with Gasteiger partial charge in [-0.05, 0) is 17.7 Å². The van der Waals surface area contributed by atoms with Crippen molar-refractivity contribution in [3.63, 3.8) is 0 Å². The van der Waals surface area contributed by atoms with Crippen LogP contribution in [-0.2, 0) is 20.9 Å². The fourth-order valence-corrected chi connectivity index (χ4v) is 2.92. The molecule has 0 amide bonds. The molecule has 8 heteroatoms. The van der Waals surface area contributed by atoms with E-state index in [0.717, 1.165) is 6.07 Å². The van der Waals surface area contributed by atoms with Gasteiger partial charge in [-0.3, -0.25) is 9.59 Å². The van der Waals surface area contributed by atoms with Gasteiger partial charge in [-0.2, -0.15) is 0 Å². The highest BCUT2D eigenvalue weighted by atomic mass is 35.5. The maximum absolute atomic E-state index is 12.0. The number of methoxy groups -OCH3 is 2. The number of benzene rings is 1. The summed E-state index contributed by atoms with van der Waals surface area (Å²) in [4.78, 5) is 23.9. The van der Waals surface area contributed by atoms with E-state index in [9.17, 15) is 14.7 Å². The summed E-state index contributed by atoms with van der Waals surface area (Å²) in [6.45, 7) is 0.0296. The van der Waals surface area contributed by atoms with Gasteiger partial charge >= 0.3 is 5.97 Å². The summed E-state index contributed by atoms with van der Waals surface area (Å²) in [5, 5.41) is 10.9. The first-order valence-corrected chi connectivity index (χ1v) is 7.99. The number of halogens is 2. The molecule has 134 valence electrons. The van der Waals surface area contributed by atoms with Gasteiger partial charge in [0.05, 0.1) is 19.4 Å². The predicted molar refractivity (Wildman–Crippen MR) is 92.3 cm³/mol. The molecule has 0 saturated carbocycles. The van der Waals surface area contributed by atoms with Gasteiger partial charge < -0.3 is 19.0 Å². The van der Waals surface area contributed by atoms with Crippen molar-refractivity contribution >= 4 is 29.2 Å². The van der Waals surface area contributed by atoms with Gasteiger partial charge in [0.2, 0.25) is 11.2 Å². The number of hydrogen-bond acceptors (Lipinski definition) is 6. The van der Waals surface area contributed by atoms with Gasteiger partial charge in [0.15, 0.2) is 5.76 Å². The highest BCUT2D eigenvalue weighted by Crippen LogP contribution is 2.37. The zero-order chi connectivity index (χ0) is 18.6. The zero-order valence-corrected chi connectivity index (χ0v) is 15.1. The van der Waals surface area contributed by atoms with Crippen molar-refractivity contribution in [2.75, 3.05) is 14.2 Å². The fourth-order valence-electron chi connectivity index (χ4n) is 2.38. The smallest absolute Gasteiger partial charge is 0.306 e. The van der Waals surface area contributed by atoms with Crippen molar-refractivity contribution in [1.82, 2.24) is 0 Å². The summed E-state index contributed by atoms with van der Waals surface area (Å²) in [5.41, 5.74) is -0.183. The molecular weight excluding hydrogens is 371 g/mol. The molecule has 25 heavy (non-hydrogen) atoms. The topological polar surface area (TPSA) is 86.0 Å². The number of aromatic hydroxyl groups is 1. The van der Waals surface area contributed by atoms with Crippen LogP contribution in [0.15, 0.2) is 33.5 Å². The SMILES string of the molecule is COCc1cc(=O)c(O)c([C@@H](CC(=O)OC)c2ccc(Cl)cc2Cl)o1. The van der Waals surface area contributed by atoms with Crippen LogP contribution in [-0.4, -0.2) is 25.3 Å². The molecule has 0 bridgehead atoms. The average molecular weight is 387 g/mol. The van der Waals surface area contributed by atoms with E-state index in [-0.39, 0.29) is 29.6 Å². The molecule has 0 aliphatic rings. The van der Waals surface area contributed by atoms with Gasteiger partial charge in [0.1, 0.15) is 12.4 Å². The normalized spacial score (nSPS) is 12.0. The van der Waals surface area contributed by atoms with E-state index in [1.807, 2.05) is 0 Å². The Morgan fingerprint density at radius 1 is 1.28 bits per heavy atom. The number of rotatable bonds is 6. The van der Waals surface area contributed by atoms with Crippen LogP contribution in [0.2, 0.25) is 10.0 Å². The lowest BCUT2D eigenvalue weighted by Crippen LogP contribution is -2.14. The van der Waals surface area contributed by atoms with Gasteiger partial charge in [-0.15, -0.1) is 0 Å². The third-order valence-corrected chi connectivity index (χ3v) is 4.10. The summed E-state index contributed by atoms with van der Waals surface area (Å²) >= 11 is 12.1. The second kappa shape index (κ2) is 8.38. The predicted octanol–water partition coefficient (Wildman–Crippen LogP) is 3.49. The van der Waals surface area contributed by atoms with Crippen molar-refractivity contribution in [3.8, 4) is 5.75 Å². The van der Waals surface area contributed by atoms with Gasteiger partial charge in [-0.25, -0.2) is 0 Å². The number of ether oxygens (including phenoxy) is 2. The maximum Gasteiger partial charge on any atom is 0.306 e. The van der Waals surface area contributed by atoms with Crippen LogP contribution in [0.5, 0.6) is 5.75 Å². The Kier molecular flexibility index (Phi) is 6.47. The standard InChI is InChI=1S/C17H16Cl2O6/c1-23-8-10-6-14(20)16(22)17(25-10)12(7-15(21)24-2)11-4-3-9(18)5-13(11)19/h3-6,12,22H,7-8H2,1-2H3/t12-/m0/s1. The van der Waals surface area contributed by atoms with Gasteiger partial charge in [-0.1, -0.05) is 29.3 Å². The zero-order valence-electron chi connectivity index (χ0n) is 13.5. The average Bonchev–Trinajstić information content (AvgIpc) is 2.56. The van der Waals surface area contributed by atoms with Crippen LogP contribution in [0.4, 0.5) is 0 Å². The quantitative estimate of drug-likeness (QED) is 0.764. The number of carbonyl (C=O) groups excluding carboxylic acids is 1. The molecule has 1 aromatic carbocycles. The van der Waals surface area contributed by atoms with Crippen LogP contribution in [0.1, 0.15) is 29.4 Å². The molecule has 0 saturated heterocycles. The third kappa shape index (κ3) is 4.54. The van der Waals surface area contributed by atoms with Crippen LogP contribution in [0, 0.1) is 0 Å². The third-order valence-electron chi connectivity index (χ3n) is 3.54. The van der Waals surface area contributed by atoms with Gasteiger partial charge in [0, 0.05) is 23.2 Å². The van der Waals surface area contributed by atoms with Crippen LogP contribution < -0.4 is 5.43 Å². The molecular formula is C17H16Cl2O6. The minimum Gasteiger partial charge on any atom is -0.502 e. The van der Waals surface area contributed by atoms with Crippen LogP contribution in [0.25, 0.3) is 0 Å². The molecule has 2 aromatic rings. The lowest BCUT2D eigenvalue weighted by Gasteiger charge is -2.18. The van der Waals surface area contributed by atoms with E-state index >= 15 is 0 Å². The summed E-state index contributed by atoms with van der Waals surface area (Å²) < 4.78 is 15.3. The van der Waals surface area contributed by atoms with Crippen molar-refractivity contribution in [2.24, 2.45) is 0 Å².